The van der Waals surface area contributed by atoms with Crippen molar-refractivity contribution in [2.75, 3.05) is 0 Å². The van der Waals surface area contributed by atoms with Crippen molar-refractivity contribution in [3.05, 3.63) is 64.2 Å². The SMILES string of the molecule is CCc1ccc(Oc2cccc([N+](=O)[O-])c2)cc1. The summed E-state index contributed by atoms with van der Waals surface area (Å²) in [6.07, 6.45) is 0.969. The molecule has 0 fully saturated rings. The van der Waals surface area contributed by atoms with Crippen LogP contribution in [-0.2, 0) is 6.42 Å². The second-order valence-corrected chi connectivity index (χ2v) is 3.85. The topological polar surface area (TPSA) is 52.4 Å². The lowest BCUT2D eigenvalue weighted by molar-refractivity contribution is -0.384. The van der Waals surface area contributed by atoms with E-state index in [0.717, 1.165) is 6.42 Å². The Kier molecular flexibility index (Phi) is 3.57. The Morgan fingerprint density at radius 2 is 1.83 bits per heavy atom. The number of non-ortho nitro benzene ring substituents is 1. The highest BCUT2D eigenvalue weighted by Gasteiger charge is 2.06. The molecule has 0 amide bonds. The highest BCUT2D eigenvalue weighted by atomic mass is 16.6. The number of benzene rings is 2. The first-order chi connectivity index (χ1) is 8.69. The minimum absolute atomic E-state index is 0.0256. The first-order valence-corrected chi connectivity index (χ1v) is 5.70. The van der Waals surface area contributed by atoms with Crippen molar-refractivity contribution in [1.82, 2.24) is 0 Å². The quantitative estimate of drug-likeness (QED) is 0.603. The van der Waals surface area contributed by atoms with Crippen molar-refractivity contribution in [3.8, 4) is 11.5 Å². The average molecular weight is 243 g/mol. The van der Waals surface area contributed by atoms with Gasteiger partial charge < -0.3 is 4.74 Å². The summed E-state index contributed by atoms with van der Waals surface area (Å²) in [5, 5.41) is 10.6. The molecule has 0 heterocycles. The summed E-state index contributed by atoms with van der Waals surface area (Å²) < 4.78 is 5.56. The van der Waals surface area contributed by atoms with E-state index in [0.29, 0.717) is 11.5 Å². The summed E-state index contributed by atoms with van der Waals surface area (Å²) in [5.41, 5.74) is 1.25. The zero-order valence-electron chi connectivity index (χ0n) is 10.00. The molecule has 0 bridgehead atoms. The first kappa shape index (κ1) is 12.1. The summed E-state index contributed by atoms with van der Waals surface area (Å²) in [4.78, 5) is 10.2. The summed E-state index contributed by atoms with van der Waals surface area (Å²) in [7, 11) is 0. The maximum atomic E-state index is 10.6. The van der Waals surface area contributed by atoms with Crippen LogP contribution >= 0.6 is 0 Å². The Morgan fingerprint density at radius 3 is 2.44 bits per heavy atom. The molecule has 0 aliphatic heterocycles. The van der Waals surface area contributed by atoms with Crippen LogP contribution in [0, 0.1) is 10.1 Å². The minimum atomic E-state index is -0.437. The van der Waals surface area contributed by atoms with Crippen molar-refractivity contribution in [3.63, 3.8) is 0 Å². The van der Waals surface area contributed by atoms with Crippen molar-refractivity contribution in [2.24, 2.45) is 0 Å². The zero-order chi connectivity index (χ0) is 13.0. The third kappa shape index (κ3) is 2.85. The van der Waals surface area contributed by atoms with Crippen LogP contribution < -0.4 is 4.74 Å². The van der Waals surface area contributed by atoms with Gasteiger partial charge in [-0.2, -0.15) is 0 Å². The Labute approximate surface area is 105 Å². The van der Waals surface area contributed by atoms with E-state index in [1.54, 1.807) is 12.1 Å². The van der Waals surface area contributed by atoms with E-state index in [9.17, 15) is 10.1 Å². The largest absolute Gasteiger partial charge is 0.457 e. The molecule has 0 aliphatic carbocycles. The number of ether oxygens (including phenoxy) is 1. The highest BCUT2D eigenvalue weighted by molar-refractivity contribution is 5.40. The van der Waals surface area contributed by atoms with Gasteiger partial charge in [0.2, 0.25) is 0 Å². The number of hydrogen-bond acceptors (Lipinski definition) is 3. The van der Waals surface area contributed by atoms with Gasteiger partial charge in [0, 0.05) is 6.07 Å². The second kappa shape index (κ2) is 5.31. The van der Waals surface area contributed by atoms with Crippen LogP contribution in [0.5, 0.6) is 11.5 Å². The Morgan fingerprint density at radius 1 is 1.11 bits per heavy atom. The molecule has 92 valence electrons. The van der Waals surface area contributed by atoms with E-state index in [-0.39, 0.29) is 5.69 Å². The predicted octanol–water partition coefficient (Wildman–Crippen LogP) is 3.95. The lowest BCUT2D eigenvalue weighted by atomic mass is 10.2. The molecule has 0 spiro atoms. The summed E-state index contributed by atoms with van der Waals surface area (Å²) >= 11 is 0. The molecule has 0 aliphatic rings. The maximum absolute atomic E-state index is 10.6. The van der Waals surface area contributed by atoms with Crippen molar-refractivity contribution in [2.45, 2.75) is 13.3 Å². The van der Waals surface area contributed by atoms with Crippen LogP contribution in [0.2, 0.25) is 0 Å². The molecular weight excluding hydrogens is 230 g/mol. The standard InChI is InChI=1S/C14H13NO3/c1-2-11-6-8-13(9-7-11)18-14-5-3-4-12(10-14)15(16)17/h3-10H,2H2,1H3. The van der Waals surface area contributed by atoms with Crippen LogP contribution in [0.1, 0.15) is 12.5 Å². The fraction of sp³-hybridized carbons (Fsp3) is 0.143. The Bertz CT molecular complexity index is 549. The van der Waals surface area contributed by atoms with Gasteiger partial charge in [-0.1, -0.05) is 25.1 Å². The molecule has 0 aromatic heterocycles. The number of nitro benzene ring substituents is 1. The van der Waals surface area contributed by atoms with E-state index < -0.39 is 4.92 Å². The fourth-order valence-electron chi connectivity index (χ4n) is 1.59. The molecule has 4 nitrogen and oxygen atoms in total. The van der Waals surface area contributed by atoms with Crippen LogP contribution in [0.3, 0.4) is 0 Å². The lowest BCUT2D eigenvalue weighted by Gasteiger charge is -2.06. The van der Waals surface area contributed by atoms with Crippen LogP contribution in [0.25, 0.3) is 0 Å². The van der Waals surface area contributed by atoms with E-state index in [4.69, 9.17) is 4.74 Å². The highest BCUT2D eigenvalue weighted by Crippen LogP contribution is 2.25. The predicted molar refractivity (Wildman–Crippen MR) is 69.0 cm³/mol. The molecule has 18 heavy (non-hydrogen) atoms. The summed E-state index contributed by atoms with van der Waals surface area (Å²) in [6.45, 7) is 2.08. The van der Waals surface area contributed by atoms with Gasteiger partial charge in [-0.15, -0.1) is 0 Å². The van der Waals surface area contributed by atoms with Gasteiger partial charge in [0.25, 0.3) is 5.69 Å². The maximum Gasteiger partial charge on any atom is 0.273 e. The number of rotatable bonds is 4. The number of nitro groups is 1. The molecular formula is C14H13NO3. The third-order valence-corrected chi connectivity index (χ3v) is 2.60. The molecule has 2 aromatic carbocycles. The summed E-state index contributed by atoms with van der Waals surface area (Å²) in [5.74, 6) is 1.14. The van der Waals surface area contributed by atoms with E-state index in [1.165, 1.54) is 17.7 Å². The van der Waals surface area contributed by atoms with Gasteiger partial charge in [0.1, 0.15) is 11.5 Å². The second-order valence-electron chi connectivity index (χ2n) is 3.85. The Hall–Kier alpha value is -2.36. The zero-order valence-corrected chi connectivity index (χ0v) is 10.00. The molecule has 2 aromatic rings. The lowest BCUT2D eigenvalue weighted by Crippen LogP contribution is -1.89. The van der Waals surface area contributed by atoms with Gasteiger partial charge >= 0.3 is 0 Å². The number of nitrogens with zero attached hydrogens (tertiary/aromatic N) is 1. The minimum Gasteiger partial charge on any atom is -0.457 e. The van der Waals surface area contributed by atoms with Gasteiger partial charge in [-0.05, 0) is 30.2 Å². The van der Waals surface area contributed by atoms with Crippen LogP contribution in [-0.4, -0.2) is 4.92 Å². The van der Waals surface area contributed by atoms with E-state index in [2.05, 4.69) is 6.92 Å². The van der Waals surface area contributed by atoms with E-state index in [1.807, 2.05) is 24.3 Å². The average Bonchev–Trinajstić information content (AvgIpc) is 2.40. The third-order valence-electron chi connectivity index (χ3n) is 2.60. The van der Waals surface area contributed by atoms with Crippen molar-refractivity contribution >= 4 is 5.69 Å². The number of hydrogen-bond donors (Lipinski definition) is 0. The fourth-order valence-corrected chi connectivity index (χ4v) is 1.59. The molecule has 2 rings (SSSR count). The van der Waals surface area contributed by atoms with Gasteiger partial charge in [0.15, 0.2) is 0 Å². The smallest absolute Gasteiger partial charge is 0.273 e. The van der Waals surface area contributed by atoms with Crippen LogP contribution in [0.4, 0.5) is 5.69 Å². The molecule has 4 heteroatoms. The summed E-state index contributed by atoms with van der Waals surface area (Å²) in [6, 6.07) is 13.8. The van der Waals surface area contributed by atoms with E-state index >= 15 is 0 Å². The van der Waals surface area contributed by atoms with Crippen molar-refractivity contribution < 1.29 is 9.66 Å². The van der Waals surface area contributed by atoms with Gasteiger partial charge in [0.05, 0.1) is 11.0 Å². The number of aryl methyl sites for hydroxylation is 1. The molecule has 0 saturated heterocycles. The molecule has 0 saturated carbocycles. The molecule has 0 atom stereocenters. The molecule has 0 radical (unpaired) electrons. The molecule has 0 unspecified atom stereocenters. The molecule has 0 N–H and O–H groups in total. The Balaban J connectivity index is 2.17. The first-order valence-electron chi connectivity index (χ1n) is 5.70. The normalized spacial score (nSPS) is 10.1. The van der Waals surface area contributed by atoms with Gasteiger partial charge in [-0.3, -0.25) is 10.1 Å². The van der Waals surface area contributed by atoms with Crippen molar-refractivity contribution in [1.29, 1.82) is 0 Å². The van der Waals surface area contributed by atoms with Gasteiger partial charge in [-0.25, -0.2) is 0 Å². The van der Waals surface area contributed by atoms with Crippen LogP contribution in [0.15, 0.2) is 48.5 Å². The monoisotopic (exact) mass is 243 g/mol.